The molecule has 0 radical (unpaired) electrons. The lowest BCUT2D eigenvalue weighted by Gasteiger charge is -2.38. The fraction of sp³-hybridized carbons (Fsp3) is 0.381. The summed E-state index contributed by atoms with van der Waals surface area (Å²) in [7, 11) is 1.63. The average Bonchev–Trinajstić information content (AvgIpc) is 2.63. The van der Waals surface area contributed by atoms with Crippen LogP contribution < -0.4 is 14.8 Å². The molecule has 0 fully saturated rings. The van der Waals surface area contributed by atoms with Crippen molar-refractivity contribution < 1.29 is 14.3 Å². The smallest absolute Gasteiger partial charge is 0.230 e. The molecule has 7 heteroatoms. The first-order chi connectivity index (χ1) is 13.3. The summed E-state index contributed by atoms with van der Waals surface area (Å²) >= 11 is 13.5. The van der Waals surface area contributed by atoms with E-state index in [-0.39, 0.29) is 17.6 Å². The molecule has 0 spiro atoms. The van der Waals surface area contributed by atoms with Crippen LogP contribution in [0.25, 0.3) is 0 Å². The zero-order valence-electron chi connectivity index (χ0n) is 16.1. The molecule has 28 heavy (non-hydrogen) atoms. The van der Waals surface area contributed by atoms with Crippen LogP contribution in [0.2, 0.25) is 10.0 Å². The molecule has 1 atom stereocenters. The van der Waals surface area contributed by atoms with Gasteiger partial charge in [0.25, 0.3) is 0 Å². The van der Waals surface area contributed by atoms with Crippen LogP contribution in [-0.4, -0.2) is 24.4 Å². The van der Waals surface area contributed by atoms with E-state index in [1.807, 2.05) is 44.2 Å². The van der Waals surface area contributed by atoms with Crippen molar-refractivity contribution >= 4 is 40.9 Å². The standard InChI is InChI=1S/C21H23Cl2NO3S/c1-21(2)10-18(15-6-5-14(26-3)9-19(15)27-21)24-20(25)12-28-11-13-4-7-16(22)17(23)8-13/h4-9,18H,10-12H2,1-3H3,(H,24,25)/t18-/m0/s1. The summed E-state index contributed by atoms with van der Waals surface area (Å²) in [6, 6.07) is 11.1. The van der Waals surface area contributed by atoms with Gasteiger partial charge in [0.1, 0.15) is 17.1 Å². The third-order valence-electron chi connectivity index (χ3n) is 4.50. The van der Waals surface area contributed by atoms with Crippen LogP contribution in [0, 0.1) is 0 Å². The zero-order valence-corrected chi connectivity index (χ0v) is 18.4. The number of benzene rings is 2. The van der Waals surface area contributed by atoms with Gasteiger partial charge in [-0.15, -0.1) is 11.8 Å². The van der Waals surface area contributed by atoms with Crippen molar-refractivity contribution in [2.24, 2.45) is 0 Å². The Hall–Kier alpha value is -1.56. The van der Waals surface area contributed by atoms with Crippen molar-refractivity contribution in [3.8, 4) is 11.5 Å². The van der Waals surface area contributed by atoms with Crippen molar-refractivity contribution in [1.82, 2.24) is 5.32 Å². The highest BCUT2D eigenvalue weighted by atomic mass is 35.5. The van der Waals surface area contributed by atoms with Crippen LogP contribution in [0.15, 0.2) is 36.4 Å². The largest absolute Gasteiger partial charge is 0.497 e. The molecule has 3 rings (SSSR count). The molecule has 150 valence electrons. The lowest BCUT2D eigenvalue weighted by molar-refractivity contribution is -0.119. The molecular formula is C21H23Cl2NO3S. The molecule has 2 aromatic rings. The van der Waals surface area contributed by atoms with E-state index in [1.165, 1.54) is 11.8 Å². The van der Waals surface area contributed by atoms with Crippen molar-refractivity contribution in [3.05, 3.63) is 57.6 Å². The lowest BCUT2D eigenvalue weighted by atomic mass is 9.89. The van der Waals surface area contributed by atoms with E-state index in [4.69, 9.17) is 32.7 Å². The van der Waals surface area contributed by atoms with Crippen molar-refractivity contribution in [3.63, 3.8) is 0 Å². The normalized spacial score (nSPS) is 17.4. The summed E-state index contributed by atoms with van der Waals surface area (Å²) in [5.74, 6) is 2.54. The maximum atomic E-state index is 12.5. The molecule has 0 bridgehead atoms. The van der Waals surface area contributed by atoms with Crippen LogP contribution in [0.4, 0.5) is 0 Å². The first-order valence-corrected chi connectivity index (χ1v) is 10.9. The van der Waals surface area contributed by atoms with Gasteiger partial charge in [0.2, 0.25) is 5.91 Å². The van der Waals surface area contributed by atoms with Gasteiger partial charge in [-0.1, -0.05) is 29.3 Å². The zero-order chi connectivity index (χ0) is 20.3. The molecule has 1 heterocycles. The van der Waals surface area contributed by atoms with Crippen molar-refractivity contribution in [2.75, 3.05) is 12.9 Å². The van der Waals surface area contributed by atoms with E-state index in [1.54, 1.807) is 13.2 Å². The minimum Gasteiger partial charge on any atom is -0.497 e. The van der Waals surface area contributed by atoms with Gasteiger partial charge in [-0.3, -0.25) is 4.79 Å². The van der Waals surface area contributed by atoms with E-state index >= 15 is 0 Å². The summed E-state index contributed by atoms with van der Waals surface area (Å²) in [5, 5.41) is 4.21. The Labute approximate surface area is 179 Å². The highest BCUT2D eigenvalue weighted by Crippen LogP contribution is 2.41. The maximum absolute atomic E-state index is 12.5. The fourth-order valence-corrected chi connectivity index (χ4v) is 4.32. The number of halogens is 2. The predicted molar refractivity (Wildman–Crippen MR) is 116 cm³/mol. The molecule has 0 unspecified atom stereocenters. The summed E-state index contributed by atoms with van der Waals surface area (Å²) in [6.07, 6.45) is 0.704. The second-order valence-electron chi connectivity index (χ2n) is 7.33. The van der Waals surface area contributed by atoms with Crippen LogP contribution in [0.5, 0.6) is 11.5 Å². The van der Waals surface area contributed by atoms with Crippen LogP contribution in [-0.2, 0) is 10.5 Å². The maximum Gasteiger partial charge on any atom is 0.230 e. The molecule has 1 N–H and O–H groups in total. The SMILES string of the molecule is COc1ccc2c(c1)OC(C)(C)C[C@@H]2NC(=O)CSCc1ccc(Cl)c(Cl)c1. The van der Waals surface area contributed by atoms with Gasteiger partial charge in [-0.25, -0.2) is 0 Å². The molecule has 1 aliphatic heterocycles. The Morgan fingerprint density at radius 1 is 1.25 bits per heavy atom. The lowest BCUT2D eigenvalue weighted by Crippen LogP contribution is -2.41. The number of carbonyl (C=O) groups is 1. The topological polar surface area (TPSA) is 47.6 Å². The molecule has 2 aromatic carbocycles. The second kappa shape index (κ2) is 8.85. The van der Waals surface area contributed by atoms with Crippen LogP contribution in [0.1, 0.15) is 37.4 Å². The van der Waals surface area contributed by atoms with Gasteiger partial charge >= 0.3 is 0 Å². The Balaban J connectivity index is 1.61. The Morgan fingerprint density at radius 3 is 2.75 bits per heavy atom. The molecule has 0 saturated carbocycles. The Kier molecular flexibility index (Phi) is 6.69. The van der Waals surface area contributed by atoms with E-state index in [0.717, 1.165) is 22.6 Å². The predicted octanol–water partition coefficient (Wildman–Crippen LogP) is 5.65. The molecule has 0 saturated heterocycles. The van der Waals surface area contributed by atoms with Gasteiger partial charge in [-0.2, -0.15) is 0 Å². The van der Waals surface area contributed by atoms with Crippen LogP contribution in [0.3, 0.4) is 0 Å². The summed E-state index contributed by atoms with van der Waals surface area (Å²) < 4.78 is 11.4. The summed E-state index contributed by atoms with van der Waals surface area (Å²) in [4.78, 5) is 12.5. The van der Waals surface area contributed by atoms with Crippen molar-refractivity contribution in [2.45, 2.75) is 37.7 Å². The van der Waals surface area contributed by atoms with Gasteiger partial charge in [0.15, 0.2) is 0 Å². The summed E-state index contributed by atoms with van der Waals surface area (Å²) in [6.45, 7) is 4.04. The number of nitrogens with one attached hydrogen (secondary N) is 1. The number of thioether (sulfide) groups is 1. The molecule has 0 aliphatic carbocycles. The average molecular weight is 440 g/mol. The van der Waals surface area contributed by atoms with E-state index in [0.29, 0.717) is 28.0 Å². The molecule has 1 amide bonds. The molecule has 0 aromatic heterocycles. The van der Waals surface area contributed by atoms with Gasteiger partial charge in [-0.05, 0) is 43.7 Å². The third-order valence-corrected chi connectivity index (χ3v) is 6.24. The number of amides is 1. The highest BCUT2D eigenvalue weighted by molar-refractivity contribution is 7.99. The minimum atomic E-state index is -0.371. The first kappa shape index (κ1) is 21.2. The Morgan fingerprint density at radius 2 is 2.04 bits per heavy atom. The number of fused-ring (bicyclic) bond motifs is 1. The van der Waals surface area contributed by atoms with E-state index in [2.05, 4.69) is 5.32 Å². The first-order valence-electron chi connectivity index (χ1n) is 8.95. The molecule has 4 nitrogen and oxygen atoms in total. The fourth-order valence-electron chi connectivity index (χ4n) is 3.21. The quantitative estimate of drug-likeness (QED) is 0.630. The summed E-state index contributed by atoms with van der Waals surface area (Å²) in [5.41, 5.74) is 1.64. The minimum absolute atomic E-state index is 0.00507. The molecular weight excluding hydrogens is 417 g/mol. The number of carbonyl (C=O) groups excluding carboxylic acids is 1. The number of hydrogen-bond donors (Lipinski definition) is 1. The number of methoxy groups -OCH3 is 1. The molecule has 1 aliphatic rings. The second-order valence-corrected chi connectivity index (χ2v) is 9.13. The third kappa shape index (κ3) is 5.28. The number of hydrogen-bond acceptors (Lipinski definition) is 4. The number of ether oxygens (including phenoxy) is 2. The van der Waals surface area contributed by atoms with Gasteiger partial charge < -0.3 is 14.8 Å². The van der Waals surface area contributed by atoms with Gasteiger partial charge in [0, 0.05) is 23.8 Å². The highest BCUT2D eigenvalue weighted by Gasteiger charge is 2.34. The Bertz CT molecular complexity index is 873. The monoisotopic (exact) mass is 439 g/mol. The number of rotatable bonds is 6. The van der Waals surface area contributed by atoms with Crippen molar-refractivity contribution in [1.29, 1.82) is 0 Å². The van der Waals surface area contributed by atoms with E-state index < -0.39 is 0 Å². The van der Waals surface area contributed by atoms with Crippen LogP contribution >= 0.6 is 35.0 Å². The van der Waals surface area contributed by atoms with Gasteiger partial charge in [0.05, 0.1) is 28.9 Å². The van der Waals surface area contributed by atoms with E-state index in [9.17, 15) is 4.79 Å².